The van der Waals surface area contributed by atoms with Gasteiger partial charge in [0.15, 0.2) is 10.8 Å². The van der Waals surface area contributed by atoms with Crippen LogP contribution in [0.25, 0.3) is 11.1 Å². The third-order valence-corrected chi connectivity index (χ3v) is 2.54. The molecule has 0 saturated heterocycles. The van der Waals surface area contributed by atoms with Crippen LogP contribution in [-0.2, 0) is 4.74 Å². The highest BCUT2D eigenvalue weighted by Crippen LogP contribution is 2.29. The molecule has 0 fully saturated rings. The van der Waals surface area contributed by atoms with Crippen LogP contribution in [0.4, 0.5) is 0 Å². The molecule has 88 valence electrons. The monoisotopic (exact) mass is 250 g/mol. The van der Waals surface area contributed by atoms with Crippen LogP contribution in [0.3, 0.4) is 0 Å². The number of hydrogen-bond donors (Lipinski definition) is 1. The zero-order chi connectivity index (χ0) is 12.3. The van der Waals surface area contributed by atoms with E-state index in [9.17, 15) is 4.79 Å². The number of benzene rings is 1. The molecule has 1 aromatic carbocycles. The third-order valence-electron chi connectivity index (χ3n) is 2.26. The van der Waals surface area contributed by atoms with Crippen molar-refractivity contribution in [2.75, 3.05) is 6.61 Å². The fourth-order valence-electron chi connectivity index (χ4n) is 1.54. The van der Waals surface area contributed by atoms with Crippen LogP contribution >= 0.6 is 11.6 Å². The summed E-state index contributed by atoms with van der Waals surface area (Å²) in [7, 11) is 0. The first-order chi connectivity index (χ1) is 8.24. The molecule has 0 spiro atoms. The molecule has 0 saturated carbocycles. The molecule has 5 heteroatoms. The van der Waals surface area contributed by atoms with E-state index < -0.39 is 5.97 Å². The van der Waals surface area contributed by atoms with Gasteiger partial charge in [0.1, 0.15) is 0 Å². The van der Waals surface area contributed by atoms with Crippen molar-refractivity contribution in [3.63, 3.8) is 0 Å². The molecule has 2 rings (SSSR count). The summed E-state index contributed by atoms with van der Waals surface area (Å²) in [4.78, 5) is 11.7. The summed E-state index contributed by atoms with van der Waals surface area (Å²) in [5.74, 6) is -0.453. The Hall–Kier alpha value is -1.81. The lowest BCUT2D eigenvalue weighted by Gasteiger charge is -2.03. The average molecular weight is 251 g/mol. The lowest BCUT2D eigenvalue weighted by atomic mass is 10.1. The number of hydrogen-bond acceptors (Lipinski definition) is 3. The minimum absolute atomic E-state index is 0.263. The molecule has 17 heavy (non-hydrogen) atoms. The van der Waals surface area contributed by atoms with Crippen LogP contribution in [0.1, 0.15) is 17.4 Å². The Bertz CT molecular complexity index is 523. The number of nitrogens with one attached hydrogen (secondary N) is 1. The molecular formula is C12H11ClN2O2. The number of aromatic nitrogens is 2. The van der Waals surface area contributed by atoms with Crippen molar-refractivity contribution >= 4 is 17.6 Å². The van der Waals surface area contributed by atoms with Gasteiger partial charge in [0.25, 0.3) is 0 Å². The molecule has 4 nitrogen and oxygen atoms in total. The summed E-state index contributed by atoms with van der Waals surface area (Å²) >= 11 is 5.97. The highest BCUT2D eigenvalue weighted by atomic mass is 35.5. The molecule has 1 heterocycles. The standard InChI is InChI=1S/C12H11ClN2O2/c1-2-17-12(16)10-9(11(13)15-14-10)8-6-4-3-5-7-8/h3-7H,2H2,1H3,(H,14,15). The van der Waals surface area contributed by atoms with Crippen LogP contribution in [0.15, 0.2) is 30.3 Å². The van der Waals surface area contributed by atoms with Crippen LogP contribution < -0.4 is 0 Å². The SMILES string of the molecule is CCOC(=O)c1[nH]nc(Cl)c1-c1ccccc1. The summed E-state index contributed by atoms with van der Waals surface area (Å²) in [5, 5.41) is 6.70. The molecule has 0 amide bonds. The Balaban J connectivity index is 2.47. The van der Waals surface area contributed by atoms with Crippen molar-refractivity contribution in [1.82, 2.24) is 10.2 Å². The number of H-pyrrole nitrogens is 1. The number of ether oxygens (including phenoxy) is 1. The smallest absolute Gasteiger partial charge is 0.357 e. The van der Waals surface area contributed by atoms with E-state index >= 15 is 0 Å². The molecule has 0 atom stereocenters. The first-order valence-corrected chi connectivity index (χ1v) is 5.58. The topological polar surface area (TPSA) is 55.0 Å². The first-order valence-electron chi connectivity index (χ1n) is 5.20. The Morgan fingerprint density at radius 1 is 1.41 bits per heavy atom. The second-order valence-corrected chi connectivity index (χ2v) is 3.71. The zero-order valence-corrected chi connectivity index (χ0v) is 9.99. The van der Waals surface area contributed by atoms with Crippen molar-refractivity contribution in [3.05, 3.63) is 41.2 Å². The van der Waals surface area contributed by atoms with Gasteiger partial charge < -0.3 is 4.74 Å². The van der Waals surface area contributed by atoms with Gasteiger partial charge in [-0.3, -0.25) is 5.10 Å². The summed E-state index contributed by atoms with van der Waals surface area (Å²) < 4.78 is 4.93. The lowest BCUT2D eigenvalue weighted by molar-refractivity contribution is 0.0520. The Kier molecular flexibility index (Phi) is 3.44. The van der Waals surface area contributed by atoms with Crippen molar-refractivity contribution < 1.29 is 9.53 Å². The van der Waals surface area contributed by atoms with Crippen molar-refractivity contribution in [2.45, 2.75) is 6.92 Å². The van der Waals surface area contributed by atoms with Crippen LogP contribution in [0.2, 0.25) is 5.15 Å². The Morgan fingerprint density at radius 3 is 2.76 bits per heavy atom. The highest BCUT2D eigenvalue weighted by Gasteiger charge is 2.20. The quantitative estimate of drug-likeness (QED) is 0.852. The maximum atomic E-state index is 11.7. The zero-order valence-electron chi connectivity index (χ0n) is 9.24. The van der Waals surface area contributed by atoms with Gasteiger partial charge in [0.05, 0.1) is 12.2 Å². The molecule has 2 aromatic rings. The normalized spacial score (nSPS) is 10.2. The molecule has 0 bridgehead atoms. The summed E-state index contributed by atoms with van der Waals surface area (Å²) in [6.07, 6.45) is 0. The van der Waals surface area contributed by atoms with Crippen LogP contribution in [0, 0.1) is 0 Å². The predicted octanol–water partition coefficient (Wildman–Crippen LogP) is 2.91. The van der Waals surface area contributed by atoms with E-state index in [-0.39, 0.29) is 10.8 Å². The fraction of sp³-hybridized carbons (Fsp3) is 0.167. The van der Waals surface area contributed by atoms with E-state index in [2.05, 4.69) is 10.2 Å². The van der Waals surface area contributed by atoms with Gasteiger partial charge in [-0.2, -0.15) is 5.10 Å². The fourth-order valence-corrected chi connectivity index (χ4v) is 1.79. The summed E-state index contributed by atoms with van der Waals surface area (Å²) in [6.45, 7) is 2.06. The van der Waals surface area contributed by atoms with E-state index in [1.807, 2.05) is 30.3 Å². The third kappa shape index (κ3) is 2.31. The first kappa shape index (κ1) is 11.7. The number of aromatic amines is 1. The van der Waals surface area contributed by atoms with Gasteiger partial charge in [0, 0.05) is 0 Å². The second-order valence-electron chi connectivity index (χ2n) is 3.35. The van der Waals surface area contributed by atoms with E-state index in [1.165, 1.54) is 0 Å². The highest BCUT2D eigenvalue weighted by molar-refractivity contribution is 6.33. The molecule has 0 aliphatic heterocycles. The minimum Gasteiger partial charge on any atom is -0.461 e. The predicted molar refractivity (Wildman–Crippen MR) is 65.0 cm³/mol. The van der Waals surface area contributed by atoms with E-state index in [1.54, 1.807) is 6.92 Å². The molecule has 1 N–H and O–H groups in total. The average Bonchev–Trinajstić information content (AvgIpc) is 2.73. The van der Waals surface area contributed by atoms with E-state index in [0.717, 1.165) is 5.56 Å². The minimum atomic E-state index is -0.453. The molecule has 0 radical (unpaired) electrons. The molecule has 1 aromatic heterocycles. The molecule has 0 aliphatic rings. The van der Waals surface area contributed by atoms with Gasteiger partial charge in [-0.1, -0.05) is 41.9 Å². The number of rotatable bonds is 3. The van der Waals surface area contributed by atoms with Gasteiger partial charge in [0.2, 0.25) is 0 Å². The number of esters is 1. The van der Waals surface area contributed by atoms with E-state index in [0.29, 0.717) is 12.2 Å². The van der Waals surface area contributed by atoms with Gasteiger partial charge in [-0.15, -0.1) is 0 Å². The van der Waals surface area contributed by atoms with Crippen molar-refractivity contribution in [3.8, 4) is 11.1 Å². The van der Waals surface area contributed by atoms with Crippen molar-refractivity contribution in [1.29, 1.82) is 0 Å². The Labute approximate surface area is 104 Å². The molecule has 0 aliphatic carbocycles. The van der Waals surface area contributed by atoms with Crippen molar-refractivity contribution in [2.24, 2.45) is 0 Å². The van der Waals surface area contributed by atoms with Crippen LogP contribution in [0.5, 0.6) is 0 Å². The number of carbonyl (C=O) groups excluding carboxylic acids is 1. The van der Waals surface area contributed by atoms with Gasteiger partial charge in [-0.25, -0.2) is 4.79 Å². The number of carbonyl (C=O) groups is 1. The van der Waals surface area contributed by atoms with Gasteiger partial charge >= 0.3 is 5.97 Å². The number of halogens is 1. The van der Waals surface area contributed by atoms with Gasteiger partial charge in [-0.05, 0) is 12.5 Å². The maximum absolute atomic E-state index is 11.7. The largest absolute Gasteiger partial charge is 0.461 e. The van der Waals surface area contributed by atoms with E-state index in [4.69, 9.17) is 16.3 Å². The maximum Gasteiger partial charge on any atom is 0.357 e. The number of nitrogens with zero attached hydrogens (tertiary/aromatic N) is 1. The van der Waals surface area contributed by atoms with Crippen LogP contribution in [-0.4, -0.2) is 22.8 Å². The molecule has 0 unspecified atom stereocenters. The lowest BCUT2D eigenvalue weighted by Crippen LogP contribution is -2.06. The summed E-state index contributed by atoms with van der Waals surface area (Å²) in [6, 6.07) is 9.35. The summed E-state index contributed by atoms with van der Waals surface area (Å²) in [5.41, 5.74) is 1.68. The molecular weight excluding hydrogens is 240 g/mol. The Morgan fingerprint density at radius 2 is 2.12 bits per heavy atom. The second kappa shape index (κ2) is 5.01.